The van der Waals surface area contributed by atoms with E-state index in [-0.39, 0.29) is 5.69 Å². The molecule has 138 valence electrons. The predicted molar refractivity (Wildman–Crippen MR) is 105 cm³/mol. The number of nitro groups is 1. The van der Waals surface area contributed by atoms with Crippen LogP contribution in [-0.4, -0.2) is 23.1 Å². The summed E-state index contributed by atoms with van der Waals surface area (Å²) in [5, 5.41) is 14.6. The van der Waals surface area contributed by atoms with Crippen LogP contribution in [0.2, 0.25) is 0 Å². The maximum atomic E-state index is 12.5. The van der Waals surface area contributed by atoms with Crippen molar-refractivity contribution in [3.8, 4) is 0 Å². The third-order valence-electron chi connectivity index (χ3n) is 4.32. The number of allylic oxidation sites excluding steroid dienone is 1. The number of non-ortho nitro benzene ring substituents is 1. The molecule has 1 N–H and O–H groups in total. The van der Waals surface area contributed by atoms with Gasteiger partial charge < -0.3 is 10.1 Å². The van der Waals surface area contributed by atoms with Gasteiger partial charge in [0.05, 0.1) is 23.6 Å². The van der Waals surface area contributed by atoms with Crippen molar-refractivity contribution in [2.75, 3.05) is 12.0 Å². The highest BCUT2D eigenvalue weighted by Crippen LogP contribution is 2.34. The number of rotatable bonds is 4. The Morgan fingerprint density at radius 2 is 1.93 bits per heavy atom. The molecule has 0 saturated heterocycles. The minimum absolute atomic E-state index is 0.0624. The standard InChI is InChI=1S/C19H17N3O4S/c1-12-16(18(23)26-2)17(13-7-6-10-15(11-13)22(24)25)20-19(27)21(12)14-8-4-3-5-9-14/h3-11,17H,1-2H3,(H,20,27)/t17-/m1/s1. The van der Waals surface area contributed by atoms with Gasteiger partial charge in [-0.3, -0.25) is 15.0 Å². The second-order valence-corrected chi connectivity index (χ2v) is 6.28. The lowest BCUT2D eigenvalue weighted by molar-refractivity contribution is -0.384. The van der Waals surface area contributed by atoms with Crippen LogP contribution < -0.4 is 10.2 Å². The molecule has 7 nitrogen and oxygen atoms in total. The summed E-state index contributed by atoms with van der Waals surface area (Å²) in [6.07, 6.45) is 0. The number of ether oxygens (including phenoxy) is 1. The number of para-hydroxylation sites is 1. The molecule has 1 heterocycles. The molecule has 1 atom stereocenters. The summed E-state index contributed by atoms with van der Waals surface area (Å²) in [4.78, 5) is 24.9. The van der Waals surface area contributed by atoms with Crippen molar-refractivity contribution >= 4 is 34.7 Å². The maximum absolute atomic E-state index is 12.5. The van der Waals surface area contributed by atoms with E-state index in [1.165, 1.54) is 19.2 Å². The first-order valence-electron chi connectivity index (χ1n) is 8.13. The molecule has 0 radical (unpaired) electrons. The van der Waals surface area contributed by atoms with Crippen molar-refractivity contribution in [1.29, 1.82) is 0 Å². The monoisotopic (exact) mass is 383 g/mol. The highest BCUT2D eigenvalue weighted by molar-refractivity contribution is 7.80. The molecule has 1 aliphatic rings. The molecular formula is C19H17N3O4S. The van der Waals surface area contributed by atoms with Crippen LogP contribution >= 0.6 is 12.2 Å². The van der Waals surface area contributed by atoms with Gasteiger partial charge in [0.15, 0.2) is 5.11 Å². The number of nitrogens with one attached hydrogen (secondary N) is 1. The van der Waals surface area contributed by atoms with Crippen molar-refractivity contribution in [2.24, 2.45) is 0 Å². The molecule has 2 aromatic carbocycles. The SMILES string of the molecule is COC(=O)C1=C(C)N(c2ccccc2)C(=S)N[C@@H]1c1cccc([N+](=O)[O-])c1. The molecule has 0 aromatic heterocycles. The van der Waals surface area contributed by atoms with E-state index in [4.69, 9.17) is 17.0 Å². The Balaban J connectivity index is 2.14. The summed E-state index contributed by atoms with van der Waals surface area (Å²) < 4.78 is 4.97. The number of esters is 1. The van der Waals surface area contributed by atoms with E-state index in [9.17, 15) is 14.9 Å². The third-order valence-corrected chi connectivity index (χ3v) is 4.62. The quantitative estimate of drug-likeness (QED) is 0.374. The van der Waals surface area contributed by atoms with E-state index in [0.717, 1.165) is 5.69 Å². The fourth-order valence-corrected chi connectivity index (χ4v) is 3.43. The number of carbonyl (C=O) groups excluding carboxylic acids is 1. The van der Waals surface area contributed by atoms with E-state index < -0.39 is 16.9 Å². The van der Waals surface area contributed by atoms with E-state index in [1.807, 2.05) is 30.3 Å². The number of hydrogen-bond acceptors (Lipinski definition) is 5. The van der Waals surface area contributed by atoms with Crippen LogP contribution in [0.15, 0.2) is 65.9 Å². The molecule has 0 saturated carbocycles. The number of hydrogen-bond donors (Lipinski definition) is 1. The largest absolute Gasteiger partial charge is 0.466 e. The van der Waals surface area contributed by atoms with E-state index >= 15 is 0 Å². The lowest BCUT2D eigenvalue weighted by atomic mass is 9.94. The zero-order chi connectivity index (χ0) is 19.6. The van der Waals surface area contributed by atoms with E-state index in [0.29, 0.717) is 21.9 Å². The Morgan fingerprint density at radius 3 is 2.56 bits per heavy atom. The Hall–Kier alpha value is -3.26. The fourth-order valence-electron chi connectivity index (χ4n) is 3.07. The lowest BCUT2D eigenvalue weighted by Gasteiger charge is -2.37. The van der Waals surface area contributed by atoms with Gasteiger partial charge in [0, 0.05) is 23.5 Å². The third kappa shape index (κ3) is 3.52. The molecule has 8 heteroatoms. The Morgan fingerprint density at radius 1 is 1.22 bits per heavy atom. The molecule has 0 aliphatic carbocycles. The van der Waals surface area contributed by atoms with Gasteiger partial charge in [-0.05, 0) is 36.8 Å². The van der Waals surface area contributed by atoms with Crippen LogP contribution in [0.4, 0.5) is 11.4 Å². The van der Waals surface area contributed by atoms with Gasteiger partial charge in [0.25, 0.3) is 5.69 Å². The second kappa shape index (κ2) is 7.55. The summed E-state index contributed by atoms with van der Waals surface area (Å²) in [5.74, 6) is -0.528. The number of anilines is 1. The molecule has 0 fully saturated rings. The minimum Gasteiger partial charge on any atom is -0.466 e. The van der Waals surface area contributed by atoms with Crippen molar-refractivity contribution in [3.05, 3.63) is 81.5 Å². The molecule has 0 bridgehead atoms. The number of nitrogens with zero attached hydrogens (tertiary/aromatic N) is 2. The van der Waals surface area contributed by atoms with Crippen LogP contribution in [0.1, 0.15) is 18.5 Å². The summed E-state index contributed by atoms with van der Waals surface area (Å²) >= 11 is 5.52. The van der Waals surface area contributed by atoms with E-state index in [1.54, 1.807) is 24.0 Å². The Kier molecular flexibility index (Phi) is 5.18. The molecule has 0 amide bonds. The number of thiocarbonyl (C=S) groups is 1. The van der Waals surface area contributed by atoms with Crippen LogP contribution in [0, 0.1) is 10.1 Å². The minimum atomic E-state index is -0.648. The van der Waals surface area contributed by atoms with Crippen molar-refractivity contribution < 1.29 is 14.5 Å². The van der Waals surface area contributed by atoms with E-state index in [2.05, 4.69) is 5.32 Å². The summed E-state index contributed by atoms with van der Waals surface area (Å²) in [5.41, 5.74) is 2.24. The summed E-state index contributed by atoms with van der Waals surface area (Å²) in [6, 6.07) is 14.8. The Labute approximate surface area is 161 Å². The first kappa shape index (κ1) is 18.5. The average Bonchev–Trinajstić information content (AvgIpc) is 2.68. The second-order valence-electron chi connectivity index (χ2n) is 5.90. The van der Waals surface area contributed by atoms with Crippen LogP contribution in [0.3, 0.4) is 0 Å². The predicted octanol–water partition coefficient (Wildman–Crippen LogP) is 3.48. The summed E-state index contributed by atoms with van der Waals surface area (Å²) in [6.45, 7) is 1.77. The topological polar surface area (TPSA) is 84.7 Å². The average molecular weight is 383 g/mol. The van der Waals surface area contributed by atoms with Gasteiger partial charge in [-0.15, -0.1) is 0 Å². The first-order valence-corrected chi connectivity index (χ1v) is 8.54. The van der Waals surface area contributed by atoms with Crippen LogP contribution in [0.25, 0.3) is 0 Å². The number of benzene rings is 2. The zero-order valence-electron chi connectivity index (χ0n) is 14.7. The smallest absolute Gasteiger partial charge is 0.337 e. The first-order chi connectivity index (χ1) is 12.9. The van der Waals surface area contributed by atoms with Gasteiger partial charge in [-0.25, -0.2) is 4.79 Å². The Bertz CT molecular complexity index is 943. The van der Waals surface area contributed by atoms with Crippen LogP contribution in [0.5, 0.6) is 0 Å². The van der Waals surface area contributed by atoms with Crippen LogP contribution in [-0.2, 0) is 9.53 Å². The lowest BCUT2D eigenvalue weighted by Crippen LogP contribution is -2.48. The maximum Gasteiger partial charge on any atom is 0.337 e. The van der Waals surface area contributed by atoms with Crippen molar-refractivity contribution in [1.82, 2.24) is 5.32 Å². The van der Waals surface area contributed by atoms with Gasteiger partial charge in [0.2, 0.25) is 0 Å². The molecule has 2 aromatic rings. The number of carbonyl (C=O) groups is 1. The molecule has 1 aliphatic heterocycles. The highest BCUT2D eigenvalue weighted by Gasteiger charge is 2.35. The molecule has 27 heavy (non-hydrogen) atoms. The number of methoxy groups -OCH3 is 1. The summed E-state index contributed by atoms with van der Waals surface area (Å²) in [7, 11) is 1.30. The molecule has 0 unspecified atom stereocenters. The van der Waals surface area contributed by atoms with Gasteiger partial charge in [0.1, 0.15) is 0 Å². The molecular weight excluding hydrogens is 366 g/mol. The molecule has 0 spiro atoms. The van der Waals surface area contributed by atoms with Gasteiger partial charge >= 0.3 is 5.97 Å². The van der Waals surface area contributed by atoms with Crippen molar-refractivity contribution in [2.45, 2.75) is 13.0 Å². The van der Waals surface area contributed by atoms with Crippen molar-refractivity contribution in [3.63, 3.8) is 0 Å². The molecule has 3 rings (SSSR count). The number of nitro benzene ring substituents is 1. The zero-order valence-corrected chi connectivity index (χ0v) is 15.5. The fraction of sp³-hybridized carbons (Fsp3) is 0.158. The van der Waals surface area contributed by atoms with Gasteiger partial charge in [-0.1, -0.05) is 30.3 Å². The highest BCUT2D eigenvalue weighted by atomic mass is 32.1. The van der Waals surface area contributed by atoms with Gasteiger partial charge in [-0.2, -0.15) is 0 Å². The normalized spacial score (nSPS) is 16.7.